The van der Waals surface area contributed by atoms with E-state index in [9.17, 15) is 13.2 Å². The number of hydrogen-bond donors (Lipinski definition) is 1. The van der Waals surface area contributed by atoms with Gasteiger partial charge in [-0.05, 0) is 48.9 Å². The predicted molar refractivity (Wildman–Crippen MR) is 129 cm³/mol. The van der Waals surface area contributed by atoms with Gasteiger partial charge >= 0.3 is 0 Å². The molecule has 1 aromatic heterocycles. The van der Waals surface area contributed by atoms with Gasteiger partial charge in [0.25, 0.3) is 5.91 Å². The van der Waals surface area contributed by atoms with E-state index >= 15 is 0 Å². The first kappa shape index (κ1) is 22.8. The van der Waals surface area contributed by atoms with Crippen molar-refractivity contribution >= 4 is 15.9 Å². The van der Waals surface area contributed by atoms with Gasteiger partial charge in [0, 0.05) is 26.2 Å². The number of para-hydroxylation sites is 1. The van der Waals surface area contributed by atoms with E-state index in [1.807, 2.05) is 24.3 Å². The number of carbonyl (C=O) groups is 1. The fourth-order valence-electron chi connectivity index (χ4n) is 5.08. The van der Waals surface area contributed by atoms with Crippen molar-refractivity contribution in [2.45, 2.75) is 11.3 Å². The number of amides is 1. The number of aromatic nitrogens is 2. The lowest BCUT2D eigenvalue weighted by atomic mass is 10.0. The van der Waals surface area contributed by atoms with E-state index in [-0.39, 0.29) is 22.4 Å². The number of nitrogens with zero attached hydrogens (tertiary/aromatic N) is 4. The van der Waals surface area contributed by atoms with Crippen LogP contribution >= 0.6 is 0 Å². The summed E-state index contributed by atoms with van der Waals surface area (Å²) in [5.74, 6) is -0.249. The molecular formula is C25H28N5O3S. The highest BCUT2D eigenvalue weighted by Crippen LogP contribution is 2.35. The third-order valence-electron chi connectivity index (χ3n) is 6.74. The van der Waals surface area contributed by atoms with Crippen LogP contribution in [0.2, 0.25) is 0 Å². The highest BCUT2D eigenvalue weighted by Gasteiger charge is 2.45. The van der Waals surface area contributed by atoms with Gasteiger partial charge in [-0.2, -0.15) is 9.40 Å². The van der Waals surface area contributed by atoms with Crippen LogP contribution in [-0.4, -0.2) is 66.0 Å². The van der Waals surface area contributed by atoms with Crippen molar-refractivity contribution < 1.29 is 13.2 Å². The van der Waals surface area contributed by atoms with E-state index in [2.05, 4.69) is 28.6 Å². The Hall–Kier alpha value is -3.01. The molecule has 0 aliphatic carbocycles. The molecule has 3 heterocycles. The van der Waals surface area contributed by atoms with E-state index in [0.717, 1.165) is 26.1 Å². The Labute approximate surface area is 200 Å². The molecule has 0 bridgehead atoms. The third-order valence-corrected chi connectivity index (χ3v) is 8.57. The van der Waals surface area contributed by atoms with Crippen LogP contribution in [0.3, 0.4) is 0 Å². The third kappa shape index (κ3) is 4.38. The van der Waals surface area contributed by atoms with Gasteiger partial charge in [-0.25, -0.2) is 13.1 Å². The molecule has 0 spiro atoms. The molecule has 34 heavy (non-hydrogen) atoms. The zero-order valence-electron chi connectivity index (χ0n) is 18.8. The molecule has 2 atom stereocenters. The Balaban J connectivity index is 1.25. The standard InChI is InChI=1S/C25H28N5O3S/c26-25(31)24-23(14-27-30(24)22-11-5-2-6-12-22)34(32,33)29-17-20-15-28(16-21(20)18-29)13-7-10-19-8-3-1-4-9-19/h1-6,8-12,14,20-21H,7,13,15-18H2,(H2,26,31). The van der Waals surface area contributed by atoms with Crippen LogP contribution < -0.4 is 5.73 Å². The van der Waals surface area contributed by atoms with Gasteiger partial charge in [0.1, 0.15) is 4.90 Å². The van der Waals surface area contributed by atoms with Gasteiger partial charge in [-0.1, -0.05) is 48.5 Å². The lowest BCUT2D eigenvalue weighted by Crippen LogP contribution is -2.34. The van der Waals surface area contributed by atoms with Crippen LogP contribution in [0.5, 0.6) is 0 Å². The van der Waals surface area contributed by atoms with Crippen molar-refractivity contribution in [3.05, 3.63) is 84.5 Å². The van der Waals surface area contributed by atoms with Gasteiger partial charge < -0.3 is 10.6 Å². The minimum Gasteiger partial charge on any atom is -0.364 e. The molecule has 177 valence electrons. The minimum atomic E-state index is -3.89. The van der Waals surface area contributed by atoms with Gasteiger partial charge in [-0.15, -0.1) is 0 Å². The summed E-state index contributed by atoms with van der Waals surface area (Å²) in [6.07, 6.45) is 4.44. The number of hydrogen-bond acceptors (Lipinski definition) is 5. The second-order valence-electron chi connectivity index (χ2n) is 8.97. The van der Waals surface area contributed by atoms with Crippen molar-refractivity contribution in [2.75, 3.05) is 32.7 Å². The Morgan fingerprint density at radius 2 is 1.59 bits per heavy atom. The Kier molecular flexibility index (Phi) is 6.24. The molecule has 1 radical (unpaired) electrons. The number of sulfonamides is 1. The van der Waals surface area contributed by atoms with Crippen LogP contribution in [0.15, 0.2) is 71.8 Å². The van der Waals surface area contributed by atoms with Crippen molar-refractivity contribution in [3.63, 3.8) is 0 Å². The lowest BCUT2D eigenvalue weighted by molar-refractivity contribution is 0.0989. The molecule has 2 aliphatic rings. The summed E-state index contributed by atoms with van der Waals surface area (Å²) in [6, 6.07) is 19.2. The molecule has 9 heteroatoms. The van der Waals surface area contributed by atoms with E-state index in [0.29, 0.717) is 18.8 Å². The molecule has 2 aliphatic heterocycles. The summed E-state index contributed by atoms with van der Waals surface area (Å²) >= 11 is 0. The fourth-order valence-corrected chi connectivity index (χ4v) is 6.75. The summed E-state index contributed by atoms with van der Waals surface area (Å²) in [7, 11) is -3.89. The summed E-state index contributed by atoms with van der Waals surface area (Å²) in [5.41, 5.74) is 7.29. The molecule has 1 amide bonds. The molecule has 2 fully saturated rings. The topological polar surface area (TPSA) is 102 Å². The number of carbonyl (C=O) groups excluding carboxylic acids is 1. The second kappa shape index (κ2) is 9.32. The molecule has 2 aromatic carbocycles. The van der Waals surface area contributed by atoms with Crippen molar-refractivity contribution in [1.29, 1.82) is 0 Å². The summed E-state index contributed by atoms with van der Waals surface area (Å²) in [6.45, 7) is 3.61. The zero-order chi connectivity index (χ0) is 23.7. The van der Waals surface area contributed by atoms with Crippen LogP contribution in [0.1, 0.15) is 22.5 Å². The Morgan fingerprint density at radius 3 is 2.21 bits per heavy atom. The van der Waals surface area contributed by atoms with Gasteiger partial charge in [-0.3, -0.25) is 4.79 Å². The predicted octanol–water partition coefficient (Wildman–Crippen LogP) is 2.17. The maximum Gasteiger partial charge on any atom is 0.268 e. The second-order valence-corrected chi connectivity index (χ2v) is 10.9. The van der Waals surface area contributed by atoms with Crippen LogP contribution in [0.25, 0.3) is 5.69 Å². The highest BCUT2D eigenvalue weighted by molar-refractivity contribution is 7.89. The van der Waals surface area contributed by atoms with Gasteiger partial charge in [0.05, 0.1) is 11.9 Å². The van der Waals surface area contributed by atoms with E-state index < -0.39 is 15.9 Å². The SMILES string of the molecule is NC(=O)c1c(S(=O)(=O)N2CC3CN(CC[CH]c4ccccc4)CC3C2)cnn1-c1ccccc1. The number of benzene rings is 2. The average molecular weight is 479 g/mol. The molecule has 2 unspecified atom stereocenters. The van der Waals surface area contributed by atoms with Crippen LogP contribution in [0.4, 0.5) is 0 Å². The number of nitrogens with two attached hydrogens (primary N) is 1. The van der Waals surface area contributed by atoms with E-state index in [1.165, 1.54) is 20.7 Å². The summed E-state index contributed by atoms with van der Waals surface area (Å²) < 4.78 is 29.8. The number of likely N-dealkylation sites (tertiary alicyclic amines) is 1. The molecule has 3 aromatic rings. The van der Waals surface area contributed by atoms with E-state index in [1.54, 1.807) is 24.3 Å². The first-order chi connectivity index (χ1) is 16.4. The normalized spacial score (nSPS) is 21.1. The average Bonchev–Trinajstić information content (AvgIpc) is 3.54. The van der Waals surface area contributed by atoms with Crippen molar-refractivity contribution in [2.24, 2.45) is 17.6 Å². The monoisotopic (exact) mass is 478 g/mol. The van der Waals surface area contributed by atoms with Crippen LogP contribution in [0, 0.1) is 18.3 Å². The smallest absolute Gasteiger partial charge is 0.268 e. The fraction of sp³-hybridized carbons (Fsp3) is 0.320. The highest BCUT2D eigenvalue weighted by atomic mass is 32.2. The number of primary amides is 1. The van der Waals surface area contributed by atoms with Gasteiger partial charge in [0.15, 0.2) is 5.69 Å². The maximum atomic E-state index is 13.5. The van der Waals surface area contributed by atoms with E-state index in [4.69, 9.17) is 5.73 Å². The number of fused-ring (bicyclic) bond motifs is 1. The van der Waals surface area contributed by atoms with Crippen molar-refractivity contribution in [3.8, 4) is 5.69 Å². The lowest BCUT2D eigenvalue weighted by Gasteiger charge is -2.21. The van der Waals surface area contributed by atoms with Crippen LogP contribution in [-0.2, 0) is 10.0 Å². The minimum absolute atomic E-state index is 0.110. The molecule has 8 nitrogen and oxygen atoms in total. The van der Waals surface area contributed by atoms with Gasteiger partial charge in [0.2, 0.25) is 10.0 Å². The Morgan fingerprint density at radius 1 is 0.971 bits per heavy atom. The first-order valence-corrected chi connectivity index (χ1v) is 12.9. The molecular weight excluding hydrogens is 450 g/mol. The Bertz CT molecular complexity index is 1250. The van der Waals surface area contributed by atoms with Crippen molar-refractivity contribution in [1.82, 2.24) is 19.0 Å². The summed E-state index contributed by atoms with van der Waals surface area (Å²) in [5, 5.41) is 4.19. The molecule has 5 rings (SSSR count). The molecule has 0 saturated carbocycles. The molecule has 2 saturated heterocycles. The zero-order valence-corrected chi connectivity index (χ0v) is 19.6. The molecule has 2 N–H and O–H groups in total. The summed E-state index contributed by atoms with van der Waals surface area (Å²) in [4.78, 5) is 14.5. The first-order valence-electron chi connectivity index (χ1n) is 11.5. The largest absolute Gasteiger partial charge is 0.364 e. The maximum absolute atomic E-state index is 13.5. The number of rotatable bonds is 8. The quantitative estimate of drug-likeness (QED) is 0.535.